The van der Waals surface area contributed by atoms with Gasteiger partial charge in [-0.2, -0.15) is 0 Å². The molecule has 3 N–H and O–H groups in total. The Morgan fingerprint density at radius 3 is 2.44 bits per heavy atom. The van der Waals surface area contributed by atoms with Gasteiger partial charge in [0.2, 0.25) is 5.91 Å². The molecule has 1 rings (SSSR count). The van der Waals surface area contributed by atoms with Crippen molar-refractivity contribution in [2.75, 3.05) is 6.61 Å². The van der Waals surface area contributed by atoms with Crippen molar-refractivity contribution in [3.63, 3.8) is 0 Å². The summed E-state index contributed by atoms with van der Waals surface area (Å²) < 4.78 is 4.15. The SMILES string of the molecule is CCOC=O.NNC(=O)Cc1ccccc1. The van der Waals surface area contributed by atoms with Gasteiger partial charge in [-0.25, -0.2) is 5.84 Å². The van der Waals surface area contributed by atoms with E-state index in [1.807, 2.05) is 30.3 Å². The van der Waals surface area contributed by atoms with Crippen molar-refractivity contribution in [3.8, 4) is 0 Å². The number of amides is 1. The molecule has 0 atom stereocenters. The maximum atomic E-state index is 10.7. The van der Waals surface area contributed by atoms with Gasteiger partial charge in [0.15, 0.2) is 0 Å². The lowest BCUT2D eigenvalue weighted by Gasteiger charge is -1.97. The summed E-state index contributed by atoms with van der Waals surface area (Å²) in [5.41, 5.74) is 3.04. The monoisotopic (exact) mass is 224 g/mol. The Morgan fingerprint density at radius 1 is 1.44 bits per heavy atom. The molecule has 1 amide bonds. The molecular weight excluding hydrogens is 208 g/mol. The molecule has 0 fully saturated rings. The van der Waals surface area contributed by atoms with Crippen molar-refractivity contribution in [3.05, 3.63) is 35.9 Å². The number of carbonyl (C=O) groups excluding carboxylic acids is 2. The second kappa shape index (κ2) is 9.67. The summed E-state index contributed by atoms with van der Waals surface area (Å²) in [5, 5.41) is 0. The van der Waals surface area contributed by atoms with Gasteiger partial charge in [0.25, 0.3) is 6.47 Å². The molecule has 0 spiro atoms. The summed E-state index contributed by atoms with van der Waals surface area (Å²) >= 11 is 0. The van der Waals surface area contributed by atoms with E-state index in [1.165, 1.54) is 0 Å². The van der Waals surface area contributed by atoms with Crippen molar-refractivity contribution >= 4 is 12.4 Å². The molecule has 1 aromatic rings. The molecule has 0 aliphatic rings. The van der Waals surface area contributed by atoms with Crippen LogP contribution in [0.15, 0.2) is 30.3 Å². The number of hydrogen-bond donors (Lipinski definition) is 2. The number of rotatable bonds is 4. The van der Waals surface area contributed by atoms with Crippen molar-refractivity contribution in [1.29, 1.82) is 0 Å². The lowest BCUT2D eigenvalue weighted by atomic mass is 10.1. The lowest BCUT2D eigenvalue weighted by molar-refractivity contribution is -0.128. The summed E-state index contributed by atoms with van der Waals surface area (Å²) in [6.07, 6.45) is 0.345. The fourth-order valence-electron chi connectivity index (χ4n) is 0.900. The Hall–Kier alpha value is -1.88. The molecule has 0 heterocycles. The molecular formula is C11H16N2O3. The molecule has 0 bridgehead atoms. The molecule has 88 valence electrons. The van der Waals surface area contributed by atoms with Crippen LogP contribution in [0.2, 0.25) is 0 Å². The van der Waals surface area contributed by atoms with E-state index in [0.717, 1.165) is 5.56 Å². The summed E-state index contributed by atoms with van der Waals surface area (Å²) in [4.78, 5) is 19.9. The van der Waals surface area contributed by atoms with Crippen LogP contribution in [0.3, 0.4) is 0 Å². The summed E-state index contributed by atoms with van der Waals surface area (Å²) in [6.45, 7) is 2.66. The van der Waals surface area contributed by atoms with E-state index in [9.17, 15) is 9.59 Å². The number of benzene rings is 1. The minimum Gasteiger partial charge on any atom is -0.468 e. The highest BCUT2D eigenvalue weighted by Crippen LogP contribution is 1.98. The maximum Gasteiger partial charge on any atom is 0.293 e. The highest BCUT2D eigenvalue weighted by atomic mass is 16.5. The molecule has 0 aromatic heterocycles. The van der Waals surface area contributed by atoms with Crippen LogP contribution in [0, 0.1) is 0 Å². The van der Waals surface area contributed by atoms with E-state index >= 15 is 0 Å². The highest BCUT2D eigenvalue weighted by Gasteiger charge is 1.98. The van der Waals surface area contributed by atoms with E-state index in [2.05, 4.69) is 10.2 Å². The summed E-state index contributed by atoms with van der Waals surface area (Å²) in [6, 6.07) is 9.45. The quantitative estimate of drug-likeness (QED) is 0.335. The number of hydrogen-bond acceptors (Lipinski definition) is 4. The normalized spacial score (nSPS) is 8.38. The Morgan fingerprint density at radius 2 is 2.06 bits per heavy atom. The standard InChI is InChI=1S/C8H10N2O.C3H6O2/c9-10-8(11)6-7-4-2-1-3-5-7;1-2-5-3-4/h1-5H,6,9H2,(H,10,11);3H,2H2,1H3. The third-order valence-corrected chi connectivity index (χ3v) is 1.60. The van der Waals surface area contributed by atoms with Crippen LogP contribution in [-0.2, 0) is 20.7 Å². The summed E-state index contributed by atoms with van der Waals surface area (Å²) in [5.74, 6) is 4.75. The third-order valence-electron chi connectivity index (χ3n) is 1.60. The molecule has 0 saturated carbocycles. The first-order valence-electron chi connectivity index (χ1n) is 4.83. The van der Waals surface area contributed by atoms with E-state index < -0.39 is 0 Å². The average molecular weight is 224 g/mol. The third kappa shape index (κ3) is 7.52. The van der Waals surface area contributed by atoms with Crippen LogP contribution in [0.1, 0.15) is 12.5 Å². The Labute approximate surface area is 94.6 Å². The highest BCUT2D eigenvalue weighted by molar-refractivity contribution is 5.77. The predicted molar refractivity (Wildman–Crippen MR) is 60.2 cm³/mol. The van der Waals surface area contributed by atoms with E-state index in [0.29, 0.717) is 19.5 Å². The Kier molecular flexibility index (Phi) is 8.53. The van der Waals surface area contributed by atoms with Crippen LogP contribution in [0.5, 0.6) is 0 Å². The number of ether oxygens (including phenoxy) is 1. The van der Waals surface area contributed by atoms with Crippen LogP contribution in [-0.4, -0.2) is 19.0 Å². The molecule has 5 nitrogen and oxygen atoms in total. The van der Waals surface area contributed by atoms with E-state index in [-0.39, 0.29) is 5.91 Å². The lowest BCUT2D eigenvalue weighted by Crippen LogP contribution is -2.31. The number of hydrazine groups is 1. The minimum absolute atomic E-state index is 0.170. The van der Waals surface area contributed by atoms with Gasteiger partial charge in [-0.3, -0.25) is 15.0 Å². The van der Waals surface area contributed by atoms with E-state index in [4.69, 9.17) is 5.84 Å². The van der Waals surface area contributed by atoms with Gasteiger partial charge in [-0.05, 0) is 12.5 Å². The van der Waals surface area contributed by atoms with Crippen molar-refractivity contribution < 1.29 is 14.3 Å². The molecule has 5 heteroatoms. The molecule has 0 aliphatic heterocycles. The average Bonchev–Trinajstić information content (AvgIpc) is 2.32. The van der Waals surface area contributed by atoms with Gasteiger partial charge in [0, 0.05) is 0 Å². The van der Waals surface area contributed by atoms with Gasteiger partial charge in [-0.15, -0.1) is 0 Å². The Bertz CT molecular complexity index is 301. The first kappa shape index (κ1) is 14.1. The number of nitrogens with two attached hydrogens (primary N) is 1. The smallest absolute Gasteiger partial charge is 0.293 e. The largest absolute Gasteiger partial charge is 0.468 e. The molecule has 0 aliphatic carbocycles. The maximum absolute atomic E-state index is 10.7. The molecule has 0 saturated heterocycles. The number of nitrogens with one attached hydrogen (secondary N) is 1. The Balaban J connectivity index is 0.000000385. The first-order chi connectivity index (χ1) is 7.74. The van der Waals surface area contributed by atoms with Gasteiger partial charge in [-0.1, -0.05) is 30.3 Å². The zero-order chi connectivity index (χ0) is 12.2. The van der Waals surface area contributed by atoms with Crippen LogP contribution in [0.4, 0.5) is 0 Å². The summed E-state index contributed by atoms with van der Waals surface area (Å²) in [7, 11) is 0. The van der Waals surface area contributed by atoms with Gasteiger partial charge < -0.3 is 4.74 Å². The zero-order valence-corrected chi connectivity index (χ0v) is 9.18. The van der Waals surface area contributed by atoms with E-state index in [1.54, 1.807) is 6.92 Å². The van der Waals surface area contributed by atoms with Gasteiger partial charge >= 0.3 is 0 Å². The first-order valence-corrected chi connectivity index (χ1v) is 4.83. The van der Waals surface area contributed by atoms with Crippen molar-refractivity contribution in [2.24, 2.45) is 5.84 Å². The second-order valence-corrected chi connectivity index (χ2v) is 2.78. The van der Waals surface area contributed by atoms with Crippen LogP contribution >= 0.6 is 0 Å². The van der Waals surface area contributed by atoms with Crippen LogP contribution in [0.25, 0.3) is 0 Å². The molecule has 1 aromatic carbocycles. The molecule has 0 unspecified atom stereocenters. The van der Waals surface area contributed by atoms with Crippen molar-refractivity contribution in [1.82, 2.24) is 5.43 Å². The van der Waals surface area contributed by atoms with Crippen LogP contribution < -0.4 is 11.3 Å². The molecule has 0 radical (unpaired) electrons. The van der Waals surface area contributed by atoms with Gasteiger partial charge in [0.1, 0.15) is 0 Å². The zero-order valence-electron chi connectivity index (χ0n) is 9.18. The fraction of sp³-hybridized carbons (Fsp3) is 0.273. The fourth-order valence-corrected chi connectivity index (χ4v) is 0.900. The van der Waals surface area contributed by atoms with Gasteiger partial charge in [0.05, 0.1) is 13.0 Å². The second-order valence-electron chi connectivity index (χ2n) is 2.78. The molecule has 16 heavy (non-hydrogen) atoms. The predicted octanol–water partition coefficient (Wildman–Crippen LogP) is 0.398. The van der Waals surface area contributed by atoms with Crippen molar-refractivity contribution in [2.45, 2.75) is 13.3 Å². The number of carbonyl (C=O) groups is 2. The minimum atomic E-state index is -0.170. The topological polar surface area (TPSA) is 81.4 Å².